The Kier molecular flexibility index (Phi) is 2.94. The maximum atomic E-state index is 5.95. The molecule has 0 amide bonds. The molecule has 2 nitrogen and oxygen atoms in total. The summed E-state index contributed by atoms with van der Waals surface area (Å²) in [5, 5.41) is 7.66. The number of fused-ring (bicyclic) bond motifs is 1. The van der Waals surface area contributed by atoms with Crippen LogP contribution in [0.2, 0.25) is 5.02 Å². The maximum absolute atomic E-state index is 5.95. The lowest BCUT2D eigenvalue weighted by atomic mass is 10.00. The highest BCUT2D eigenvalue weighted by molar-refractivity contribution is 6.30. The lowest BCUT2D eigenvalue weighted by Crippen LogP contribution is -2.40. The molecule has 0 spiro atoms. The van der Waals surface area contributed by atoms with Crippen LogP contribution in [-0.2, 0) is 6.42 Å². The zero-order valence-electron chi connectivity index (χ0n) is 8.31. The Balaban J connectivity index is 2.16. The molecule has 2 N–H and O–H groups in total. The largest absolute Gasteiger partial charge is 0.383 e. The predicted molar refractivity (Wildman–Crippen MR) is 61.1 cm³/mol. The third-order valence-electron chi connectivity index (χ3n) is 2.57. The van der Waals surface area contributed by atoms with Crippen LogP contribution in [0.4, 0.5) is 5.69 Å². The summed E-state index contributed by atoms with van der Waals surface area (Å²) < 4.78 is 0. The van der Waals surface area contributed by atoms with E-state index >= 15 is 0 Å². The van der Waals surface area contributed by atoms with Gasteiger partial charge in [-0.1, -0.05) is 18.5 Å². The monoisotopic (exact) mass is 210 g/mol. The normalized spacial score (nSPS) is 20.0. The first-order valence-corrected chi connectivity index (χ1v) is 5.43. The van der Waals surface area contributed by atoms with E-state index in [9.17, 15) is 0 Å². The van der Waals surface area contributed by atoms with E-state index in [-0.39, 0.29) is 0 Å². The molecule has 0 saturated carbocycles. The van der Waals surface area contributed by atoms with Gasteiger partial charge < -0.3 is 10.6 Å². The molecule has 0 radical (unpaired) electrons. The van der Waals surface area contributed by atoms with Crippen molar-refractivity contribution < 1.29 is 0 Å². The van der Waals surface area contributed by atoms with E-state index < -0.39 is 0 Å². The summed E-state index contributed by atoms with van der Waals surface area (Å²) in [5.74, 6) is 0. The summed E-state index contributed by atoms with van der Waals surface area (Å²) in [5.41, 5.74) is 2.54. The molecule has 14 heavy (non-hydrogen) atoms. The van der Waals surface area contributed by atoms with Gasteiger partial charge >= 0.3 is 0 Å². The van der Waals surface area contributed by atoms with Gasteiger partial charge in [0.15, 0.2) is 0 Å². The average molecular weight is 211 g/mol. The average Bonchev–Trinajstić information content (AvgIpc) is 2.17. The highest BCUT2D eigenvalue weighted by atomic mass is 35.5. The van der Waals surface area contributed by atoms with Gasteiger partial charge in [-0.2, -0.15) is 0 Å². The molecular formula is C11H15ClN2. The Morgan fingerprint density at radius 1 is 1.57 bits per heavy atom. The first-order valence-electron chi connectivity index (χ1n) is 5.05. The summed E-state index contributed by atoms with van der Waals surface area (Å²) in [6.07, 6.45) is 1.07. The van der Waals surface area contributed by atoms with Crippen LogP contribution >= 0.6 is 11.6 Å². The van der Waals surface area contributed by atoms with Gasteiger partial charge in [0, 0.05) is 23.3 Å². The molecule has 1 unspecified atom stereocenters. The summed E-state index contributed by atoms with van der Waals surface area (Å²) >= 11 is 5.95. The molecule has 0 fully saturated rings. The highest BCUT2D eigenvalue weighted by Gasteiger charge is 2.16. The SMILES string of the molecule is CCNC1CNc2ccc(Cl)cc2C1. The van der Waals surface area contributed by atoms with Gasteiger partial charge in [-0.3, -0.25) is 0 Å². The molecule has 76 valence electrons. The molecule has 0 bridgehead atoms. The summed E-state index contributed by atoms with van der Waals surface area (Å²) in [6.45, 7) is 4.15. The van der Waals surface area contributed by atoms with Crippen LogP contribution in [0, 0.1) is 0 Å². The van der Waals surface area contributed by atoms with Crippen molar-refractivity contribution in [3.8, 4) is 0 Å². The first kappa shape index (κ1) is 9.81. The Morgan fingerprint density at radius 2 is 2.43 bits per heavy atom. The molecule has 3 heteroatoms. The Morgan fingerprint density at radius 3 is 3.21 bits per heavy atom. The second-order valence-electron chi connectivity index (χ2n) is 3.64. The van der Waals surface area contributed by atoms with Gasteiger partial charge in [-0.25, -0.2) is 0 Å². The third-order valence-corrected chi connectivity index (χ3v) is 2.80. The Labute approximate surface area is 89.7 Å². The fourth-order valence-corrected chi connectivity index (χ4v) is 2.10. The lowest BCUT2D eigenvalue weighted by Gasteiger charge is -2.26. The van der Waals surface area contributed by atoms with E-state index in [0.29, 0.717) is 6.04 Å². The van der Waals surface area contributed by atoms with Crippen LogP contribution in [0.1, 0.15) is 12.5 Å². The van der Waals surface area contributed by atoms with Crippen molar-refractivity contribution in [2.45, 2.75) is 19.4 Å². The van der Waals surface area contributed by atoms with Crippen molar-refractivity contribution in [1.29, 1.82) is 0 Å². The van der Waals surface area contributed by atoms with Gasteiger partial charge in [0.25, 0.3) is 0 Å². The summed E-state index contributed by atoms with van der Waals surface area (Å²) in [4.78, 5) is 0. The molecular weight excluding hydrogens is 196 g/mol. The van der Waals surface area contributed by atoms with E-state index in [2.05, 4.69) is 23.6 Å². The van der Waals surface area contributed by atoms with Gasteiger partial charge in [0.05, 0.1) is 0 Å². The van der Waals surface area contributed by atoms with Crippen molar-refractivity contribution in [2.24, 2.45) is 0 Å². The van der Waals surface area contributed by atoms with Crippen molar-refractivity contribution in [2.75, 3.05) is 18.4 Å². The smallest absolute Gasteiger partial charge is 0.0410 e. The molecule has 0 aliphatic carbocycles. The molecule has 2 rings (SSSR count). The zero-order chi connectivity index (χ0) is 9.97. The number of likely N-dealkylation sites (N-methyl/N-ethyl adjacent to an activating group) is 1. The number of halogens is 1. The van der Waals surface area contributed by atoms with Crippen molar-refractivity contribution >= 4 is 17.3 Å². The fourth-order valence-electron chi connectivity index (χ4n) is 1.91. The quantitative estimate of drug-likeness (QED) is 0.783. The number of nitrogens with one attached hydrogen (secondary N) is 2. The lowest BCUT2D eigenvalue weighted by molar-refractivity contribution is 0.534. The Bertz CT molecular complexity index is 325. The second kappa shape index (κ2) is 4.20. The van der Waals surface area contributed by atoms with Crippen LogP contribution in [0.3, 0.4) is 0 Å². The first-order chi connectivity index (χ1) is 6.79. The topological polar surface area (TPSA) is 24.1 Å². The number of rotatable bonds is 2. The van der Waals surface area contributed by atoms with E-state index in [4.69, 9.17) is 11.6 Å². The zero-order valence-corrected chi connectivity index (χ0v) is 9.06. The van der Waals surface area contributed by atoms with E-state index in [0.717, 1.165) is 24.5 Å². The van der Waals surface area contributed by atoms with Crippen molar-refractivity contribution in [3.63, 3.8) is 0 Å². The molecule has 1 atom stereocenters. The minimum atomic E-state index is 0.533. The minimum absolute atomic E-state index is 0.533. The predicted octanol–water partition coefficient (Wildman–Crippen LogP) is 2.29. The highest BCUT2D eigenvalue weighted by Crippen LogP contribution is 2.24. The van der Waals surface area contributed by atoms with Crippen LogP contribution in [0.5, 0.6) is 0 Å². The van der Waals surface area contributed by atoms with Crippen LogP contribution in [0.25, 0.3) is 0 Å². The molecule has 1 aliphatic heterocycles. The molecule has 1 aromatic rings. The molecule has 1 heterocycles. The fraction of sp³-hybridized carbons (Fsp3) is 0.455. The number of hydrogen-bond acceptors (Lipinski definition) is 2. The Hall–Kier alpha value is -0.730. The number of anilines is 1. The van der Waals surface area contributed by atoms with Gasteiger partial charge in [0.1, 0.15) is 0 Å². The molecule has 1 aromatic carbocycles. The maximum Gasteiger partial charge on any atom is 0.0410 e. The summed E-state index contributed by atoms with van der Waals surface area (Å²) in [7, 11) is 0. The standard InChI is InChI=1S/C11H15ClN2/c1-2-13-10-6-8-5-9(12)3-4-11(8)14-7-10/h3-5,10,13-14H,2,6-7H2,1H3. The van der Waals surface area contributed by atoms with Gasteiger partial charge in [0.2, 0.25) is 0 Å². The van der Waals surface area contributed by atoms with Crippen molar-refractivity contribution in [1.82, 2.24) is 5.32 Å². The van der Waals surface area contributed by atoms with Crippen molar-refractivity contribution in [3.05, 3.63) is 28.8 Å². The van der Waals surface area contributed by atoms with Gasteiger partial charge in [-0.05, 0) is 36.7 Å². The molecule has 0 aromatic heterocycles. The molecule has 1 aliphatic rings. The summed E-state index contributed by atoms with van der Waals surface area (Å²) in [6, 6.07) is 6.57. The molecule has 0 saturated heterocycles. The van der Waals surface area contributed by atoms with E-state index in [1.165, 1.54) is 11.3 Å². The number of hydrogen-bond donors (Lipinski definition) is 2. The van der Waals surface area contributed by atoms with E-state index in [1.54, 1.807) is 0 Å². The number of benzene rings is 1. The van der Waals surface area contributed by atoms with Gasteiger partial charge in [-0.15, -0.1) is 0 Å². The van der Waals surface area contributed by atoms with Crippen LogP contribution in [-0.4, -0.2) is 19.1 Å². The second-order valence-corrected chi connectivity index (χ2v) is 4.08. The minimum Gasteiger partial charge on any atom is -0.383 e. The van der Waals surface area contributed by atoms with E-state index in [1.807, 2.05) is 12.1 Å². The third kappa shape index (κ3) is 2.02. The van der Waals surface area contributed by atoms with Crippen LogP contribution in [0.15, 0.2) is 18.2 Å². The van der Waals surface area contributed by atoms with Crippen LogP contribution < -0.4 is 10.6 Å².